The van der Waals surface area contributed by atoms with Gasteiger partial charge < -0.3 is 14.8 Å². The highest BCUT2D eigenvalue weighted by molar-refractivity contribution is 6.18. The first kappa shape index (κ1) is 15.8. The number of halogens is 1. The van der Waals surface area contributed by atoms with Gasteiger partial charge in [-0.3, -0.25) is 0 Å². The quantitative estimate of drug-likeness (QED) is 0.741. The second-order valence-electron chi connectivity index (χ2n) is 4.33. The van der Waals surface area contributed by atoms with E-state index >= 15 is 0 Å². The minimum absolute atomic E-state index is 0.0364. The Labute approximate surface area is 118 Å². The van der Waals surface area contributed by atoms with Gasteiger partial charge in [0, 0.05) is 17.8 Å². The highest BCUT2D eigenvalue weighted by atomic mass is 35.5. The fourth-order valence-corrected chi connectivity index (χ4v) is 2.07. The molecule has 1 rings (SSSR count). The molecule has 6 nitrogen and oxygen atoms in total. The topological polar surface area (TPSA) is 69.2 Å². The van der Waals surface area contributed by atoms with Crippen LogP contribution in [-0.2, 0) is 0 Å². The van der Waals surface area contributed by atoms with Crippen LogP contribution in [0, 0.1) is 5.41 Å². The predicted octanol–water partition coefficient (Wildman–Crippen LogP) is 2.35. The number of anilines is 1. The van der Waals surface area contributed by atoms with Crippen LogP contribution in [0.25, 0.3) is 0 Å². The smallest absolute Gasteiger partial charge is 0.324 e. The van der Waals surface area contributed by atoms with Crippen molar-refractivity contribution < 1.29 is 9.47 Å². The SMILES string of the molecule is CCC(CC)(CCl)CNc1nc(OC)nc(OC)n1. The number of methoxy groups -OCH3 is 2. The van der Waals surface area contributed by atoms with Gasteiger partial charge >= 0.3 is 12.0 Å². The zero-order chi connectivity index (χ0) is 14.3. The summed E-state index contributed by atoms with van der Waals surface area (Å²) >= 11 is 6.07. The van der Waals surface area contributed by atoms with Crippen LogP contribution >= 0.6 is 11.6 Å². The summed E-state index contributed by atoms with van der Waals surface area (Å²) in [5, 5.41) is 3.18. The Kier molecular flexibility index (Phi) is 6.08. The second kappa shape index (κ2) is 7.33. The van der Waals surface area contributed by atoms with E-state index in [-0.39, 0.29) is 17.4 Å². The van der Waals surface area contributed by atoms with E-state index < -0.39 is 0 Å². The Balaban J connectivity index is 2.81. The van der Waals surface area contributed by atoms with Crippen molar-refractivity contribution in [1.29, 1.82) is 0 Å². The molecule has 0 radical (unpaired) electrons. The molecule has 0 fully saturated rings. The van der Waals surface area contributed by atoms with E-state index in [0.29, 0.717) is 18.4 Å². The third-order valence-corrected chi connectivity index (χ3v) is 3.93. The summed E-state index contributed by atoms with van der Waals surface area (Å²) in [6.45, 7) is 4.95. The van der Waals surface area contributed by atoms with Gasteiger partial charge in [0.15, 0.2) is 0 Å². The number of aromatic nitrogens is 3. The molecule has 0 spiro atoms. The van der Waals surface area contributed by atoms with Gasteiger partial charge in [-0.1, -0.05) is 13.8 Å². The van der Waals surface area contributed by atoms with Gasteiger partial charge in [0.05, 0.1) is 14.2 Å². The average Bonchev–Trinajstić information content (AvgIpc) is 2.48. The van der Waals surface area contributed by atoms with Crippen molar-refractivity contribution in [2.45, 2.75) is 26.7 Å². The lowest BCUT2D eigenvalue weighted by Gasteiger charge is -2.29. The van der Waals surface area contributed by atoms with Gasteiger partial charge in [-0.2, -0.15) is 9.97 Å². The molecule has 0 aliphatic rings. The van der Waals surface area contributed by atoms with Crippen LogP contribution in [0.1, 0.15) is 26.7 Å². The number of alkyl halides is 1. The molecule has 1 N–H and O–H groups in total. The molecule has 0 atom stereocenters. The van der Waals surface area contributed by atoms with Crippen molar-refractivity contribution in [1.82, 2.24) is 15.0 Å². The van der Waals surface area contributed by atoms with Crippen LogP contribution in [0.2, 0.25) is 0 Å². The maximum Gasteiger partial charge on any atom is 0.324 e. The molecule has 0 aliphatic carbocycles. The molecule has 108 valence electrons. The van der Waals surface area contributed by atoms with Gasteiger partial charge in [-0.25, -0.2) is 0 Å². The average molecular weight is 289 g/mol. The number of ether oxygens (including phenoxy) is 2. The number of hydrogen-bond donors (Lipinski definition) is 1. The zero-order valence-corrected chi connectivity index (χ0v) is 12.6. The lowest BCUT2D eigenvalue weighted by atomic mass is 9.84. The summed E-state index contributed by atoms with van der Waals surface area (Å²) in [6, 6.07) is 0.442. The molecule has 19 heavy (non-hydrogen) atoms. The van der Waals surface area contributed by atoms with Crippen molar-refractivity contribution in [3.8, 4) is 12.0 Å². The Morgan fingerprint density at radius 2 is 1.58 bits per heavy atom. The van der Waals surface area contributed by atoms with E-state index in [4.69, 9.17) is 21.1 Å². The Bertz CT molecular complexity index is 369. The van der Waals surface area contributed by atoms with E-state index in [9.17, 15) is 0 Å². The first-order valence-electron chi connectivity index (χ1n) is 6.27. The molecule has 1 aromatic rings. The Hall–Kier alpha value is -1.30. The second-order valence-corrected chi connectivity index (χ2v) is 4.59. The van der Waals surface area contributed by atoms with Crippen molar-refractivity contribution in [3.05, 3.63) is 0 Å². The molecule has 0 amide bonds. The molecule has 1 heterocycles. The fourth-order valence-electron chi connectivity index (χ4n) is 1.60. The third kappa shape index (κ3) is 4.09. The summed E-state index contributed by atoms with van der Waals surface area (Å²) in [5.74, 6) is 1.02. The monoisotopic (exact) mass is 288 g/mol. The van der Waals surface area contributed by atoms with Crippen LogP contribution in [0.3, 0.4) is 0 Å². The van der Waals surface area contributed by atoms with Crippen LogP contribution in [0.5, 0.6) is 12.0 Å². The fraction of sp³-hybridized carbons (Fsp3) is 0.750. The Morgan fingerprint density at radius 1 is 1.05 bits per heavy atom. The number of nitrogens with one attached hydrogen (secondary N) is 1. The first-order valence-corrected chi connectivity index (χ1v) is 6.80. The van der Waals surface area contributed by atoms with E-state index in [0.717, 1.165) is 12.8 Å². The van der Waals surface area contributed by atoms with Crippen LogP contribution < -0.4 is 14.8 Å². The predicted molar refractivity (Wildman–Crippen MR) is 75.2 cm³/mol. The van der Waals surface area contributed by atoms with Crippen LogP contribution in [0.4, 0.5) is 5.95 Å². The summed E-state index contributed by atoms with van der Waals surface area (Å²) in [5.41, 5.74) is 0.0364. The third-order valence-electron chi connectivity index (χ3n) is 3.36. The molecular weight excluding hydrogens is 268 g/mol. The van der Waals surface area contributed by atoms with Crippen molar-refractivity contribution in [3.63, 3.8) is 0 Å². The molecule has 0 saturated heterocycles. The molecule has 0 aromatic carbocycles. The number of rotatable bonds is 8. The Morgan fingerprint density at radius 3 is 1.95 bits per heavy atom. The van der Waals surface area contributed by atoms with E-state index in [1.807, 2.05) is 0 Å². The van der Waals surface area contributed by atoms with Crippen LogP contribution in [0.15, 0.2) is 0 Å². The van der Waals surface area contributed by atoms with Gasteiger partial charge in [0.25, 0.3) is 0 Å². The maximum absolute atomic E-state index is 6.07. The largest absolute Gasteiger partial charge is 0.467 e. The van der Waals surface area contributed by atoms with Gasteiger partial charge in [0.2, 0.25) is 5.95 Å². The summed E-state index contributed by atoms with van der Waals surface area (Å²) in [6.07, 6.45) is 1.97. The summed E-state index contributed by atoms with van der Waals surface area (Å²) in [4.78, 5) is 12.2. The van der Waals surface area contributed by atoms with Crippen LogP contribution in [-0.4, -0.2) is 41.6 Å². The van der Waals surface area contributed by atoms with Crippen molar-refractivity contribution >= 4 is 17.5 Å². The standard InChI is InChI=1S/C12H21ClN4O2/c1-5-12(6-2,7-13)8-14-9-15-10(18-3)17-11(16-9)19-4/h5-8H2,1-4H3,(H,14,15,16,17). The van der Waals surface area contributed by atoms with Gasteiger partial charge in [-0.15, -0.1) is 16.6 Å². The number of hydrogen-bond acceptors (Lipinski definition) is 6. The summed E-state index contributed by atoms with van der Waals surface area (Å²) < 4.78 is 10.00. The van der Waals surface area contributed by atoms with E-state index in [1.165, 1.54) is 14.2 Å². The lowest BCUT2D eigenvalue weighted by molar-refractivity contribution is 0.322. The minimum Gasteiger partial charge on any atom is -0.467 e. The molecule has 7 heteroatoms. The van der Waals surface area contributed by atoms with E-state index in [1.54, 1.807) is 0 Å². The highest BCUT2D eigenvalue weighted by Crippen LogP contribution is 2.28. The van der Waals surface area contributed by atoms with Gasteiger partial charge in [-0.05, 0) is 12.8 Å². The molecule has 1 aromatic heterocycles. The van der Waals surface area contributed by atoms with Crippen molar-refractivity contribution in [2.75, 3.05) is 32.0 Å². The molecular formula is C12H21ClN4O2. The first-order chi connectivity index (χ1) is 9.12. The normalized spacial score (nSPS) is 11.2. The lowest BCUT2D eigenvalue weighted by Crippen LogP contribution is -2.31. The molecule has 0 unspecified atom stereocenters. The summed E-state index contributed by atoms with van der Waals surface area (Å²) in [7, 11) is 3.00. The molecule has 0 aliphatic heterocycles. The molecule has 0 saturated carbocycles. The molecule has 0 bridgehead atoms. The van der Waals surface area contributed by atoms with E-state index in [2.05, 4.69) is 34.1 Å². The minimum atomic E-state index is 0.0364. The highest BCUT2D eigenvalue weighted by Gasteiger charge is 2.25. The van der Waals surface area contributed by atoms with Gasteiger partial charge in [0.1, 0.15) is 0 Å². The maximum atomic E-state index is 6.07. The van der Waals surface area contributed by atoms with Crippen molar-refractivity contribution in [2.24, 2.45) is 5.41 Å². The zero-order valence-electron chi connectivity index (χ0n) is 11.9. The number of nitrogens with zero attached hydrogens (tertiary/aromatic N) is 3.